The van der Waals surface area contributed by atoms with Gasteiger partial charge in [0.25, 0.3) is 0 Å². The van der Waals surface area contributed by atoms with Gasteiger partial charge in [-0.15, -0.1) is 0 Å². The monoisotopic (exact) mass is 298 g/mol. The van der Waals surface area contributed by atoms with Crippen molar-refractivity contribution in [3.8, 4) is 0 Å². The molecule has 2 saturated heterocycles. The Morgan fingerprint density at radius 3 is 2.48 bits per heavy atom. The van der Waals surface area contributed by atoms with Crippen LogP contribution in [0.5, 0.6) is 0 Å². The fourth-order valence-corrected chi connectivity index (χ4v) is 2.88. The lowest BCUT2D eigenvalue weighted by Crippen LogP contribution is -2.49. The van der Waals surface area contributed by atoms with Crippen LogP contribution in [0.4, 0.5) is 0 Å². The first-order valence-electron chi connectivity index (χ1n) is 8.14. The number of likely N-dealkylation sites (N-methyl/N-ethyl adjacent to an activating group) is 1. The molecular weight excluding hydrogens is 268 g/mol. The number of rotatable bonds is 6. The number of morpholine rings is 1. The molecule has 0 aromatic rings. The Labute approximate surface area is 128 Å². The number of nitrogens with one attached hydrogen (secondary N) is 1. The molecule has 122 valence electrons. The van der Waals surface area contributed by atoms with Gasteiger partial charge in [-0.25, -0.2) is 0 Å². The van der Waals surface area contributed by atoms with Gasteiger partial charge < -0.3 is 15.0 Å². The van der Waals surface area contributed by atoms with Crippen LogP contribution >= 0.6 is 0 Å². The number of ether oxygens (including phenoxy) is 1. The van der Waals surface area contributed by atoms with E-state index in [2.05, 4.69) is 34.0 Å². The summed E-state index contributed by atoms with van der Waals surface area (Å²) >= 11 is 0. The van der Waals surface area contributed by atoms with Crippen LogP contribution in [-0.2, 0) is 9.53 Å². The van der Waals surface area contributed by atoms with E-state index in [1.807, 2.05) is 0 Å². The predicted octanol–water partition coefficient (Wildman–Crippen LogP) is -0.539. The smallest absolute Gasteiger partial charge is 0.234 e. The number of carbonyl (C=O) groups is 1. The molecule has 2 rings (SSSR count). The molecule has 1 unspecified atom stereocenters. The van der Waals surface area contributed by atoms with E-state index in [1.54, 1.807) is 0 Å². The minimum Gasteiger partial charge on any atom is -0.379 e. The first kappa shape index (κ1) is 16.7. The summed E-state index contributed by atoms with van der Waals surface area (Å²) in [6, 6.07) is 0.544. The van der Waals surface area contributed by atoms with Crippen molar-refractivity contribution in [2.24, 2.45) is 0 Å². The van der Waals surface area contributed by atoms with E-state index >= 15 is 0 Å². The molecule has 6 heteroatoms. The maximum absolute atomic E-state index is 11.9. The summed E-state index contributed by atoms with van der Waals surface area (Å²) in [5.74, 6) is 0.141. The van der Waals surface area contributed by atoms with E-state index in [1.165, 1.54) is 0 Å². The highest BCUT2D eigenvalue weighted by Gasteiger charge is 2.19. The molecule has 2 aliphatic heterocycles. The second-order valence-electron chi connectivity index (χ2n) is 6.22. The zero-order chi connectivity index (χ0) is 15.1. The summed E-state index contributed by atoms with van der Waals surface area (Å²) in [5, 5.41) is 3.05. The first-order valence-corrected chi connectivity index (χ1v) is 8.14. The van der Waals surface area contributed by atoms with E-state index in [0.717, 1.165) is 65.4 Å². The lowest BCUT2D eigenvalue weighted by Gasteiger charge is -2.36. The van der Waals surface area contributed by atoms with Crippen molar-refractivity contribution in [1.29, 1.82) is 0 Å². The Morgan fingerprint density at radius 1 is 1.14 bits per heavy atom. The first-order chi connectivity index (χ1) is 10.1. The minimum absolute atomic E-state index is 0.141. The summed E-state index contributed by atoms with van der Waals surface area (Å²) in [6.45, 7) is 11.3. The van der Waals surface area contributed by atoms with Crippen LogP contribution < -0.4 is 5.32 Å². The summed E-state index contributed by atoms with van der Waals surface area (Å²) < 4.78 is 5.29. The Balaban J connectivity index is 1.56. The normalized spacial score (nSPS) is 23.9. The standard InChI is InChI=1S/C15H30N4O2/c1-14(19-7-5-17(2)6-8-19)3-4-16-15(20)13-18-9-11-21-12-10-18/h14H,3-13H2,1-2H3,(H,16,20). The molecule has 0 aromatic heterocycles. The lowest BCUT2D eigenvalue weighted by atomic mass is 10.1. The molecule has 0 saturated carbocycles. The maximum Gasteiger partial charge on any atom is 0.234 e. The van der Waals surface area contributed by atoms with E-state index in [-0.39, 0.29) is 5.91 Å². The average Bonchev–Trinajstić information content (AvgIpc) is 2.49. The van der Waals surface area contributed by atoms with Gasteiger partial charge in [-0.2, -0.15) is 0 Å². The largest absolute Gasteiger partial charge is 0.379 e. The zero-order valence-corrected chi connectivity index (χ0v) is 13.5. The molecule has 0 aromatic carbocycles. The highest BCUT2D eigenvalue weighted by Crippen LogP contribution is 2.07. The molecule has 0 aliphatic carbocycles. The van der Waals surface area contributed by atoms with Gasteiger partial charge in [-0.05, 0) is 20.4 Å². The third-order valence-electron chi connectivity index (χ3n) is 4.52. The Hall–Kier alpha value is -0.690. The van der Waals surface area contributed by atoms with Crippen LogP contribution in [0.2, 0.25) is 0 Å². The van der Waals surface area contributed by atoms with Crippen molar-refractivity contribution in [1.82, 2.24) is 20.0 Å². The maximum atomic E-state index is 11.9. The Kier molecular flexibility index (Phi) is 6.89. The van der Waals surface area contributed by atoms with Crippen molar-refractivity contribution in [3.05, 3.63) is 0 Å². The van der Waals surface area contributed by atoms with Crippen LogP contribution in [-0.4, -0.2) is 99.3 Å². The molecule has 1 N–H and O–H groups in total. The van der Waals surface area contributed by atoms with Crippen LogP contribution in [0.3, 0.4) is 0 Å². The molecule has 2 fully saturated rings. The van der Waals surface area contributed by atoms with Gasteiger partial charge in [0.15, 0.2) is 0 Å². The van der Waals surface area contributed by atoms with Crippen molar-refractivity contribution < 1.29 is 9.53 Å². The molecule has 0 radical (unpaired) electrons. The molecular formula is C15H30N4O2. The van der Waals surface area contributed by atoms with E-state index in [9.17, 15) is 4.79 Å². The zero-order valence-electron chi connectivity index (χ0n) is 13.5. The Morgan fingerprint density at radius 2 is 1.81 bits per heavy atom. The second-order valence-corrected chi connectivity index (χ2v) is 6.22. The molecule has 21 heavy (non-hydrogen) atoms. The Bertz CT molecular complexity index is 313. The third kappa shape index (κ3) is 5.90. The highest BCUT2D eigenvalue weighted by atomic mass is 16.5. The number of carbonyl (C=O) groups excluding carboxylic acids is 1. The summed E-state index contributed by atoms with van der Waals surface area (Å²) in [4.78, 5) is 18.9. The van der Waals surface area contributed by atoms with Crippen molar-refractivity contribution in [2.75, 3.05) is 72.6 Å². The van der Waals surface area contributed by atoms with Gasteiger partial charge in [0.2, 0.25) is 5.91 Å². The van der Waals surface area contributed by atoms with E-state index in [0.29, 0.717) is 12.6 Å². The number of piperazine rings is 1. The quantitative estimate of drug-likeness (QED) is 0.714. The molecule has 2 aliphatic rings. The number of nitrogens with zero attached hydrogens (tertiary/aromatic N) is 3. The molecule has 0 spiro atoms. The van der Waals surface area contributed by atoms with Crippen LogP contribution in [0.15, 0.2) is 0 Å². The summed E-state index contributed by atoms with van der Waals surface area (Å²) in [6.07, 6.45) is 1.03. The van der Waals surface area contributed by atoms with Crippen LogP contribution in [0, 0.1) is 0 Å². The van der Waals surface area contributed by atoms with E-state index < -0.39 is 0 Å². The molecule has 1 amide bonds. The summed E-state index contributed by atoms with van der Waals surface area (Å²) in [5.41, 5.74) is 0. The predicted molar refractivity (Wildman–Crippen MR) is 83.4 cm³/mol. The van der Waals surface area contributed by atoms with Gasteiger partial charge in [0, 0.05) is 51.9 Å². The van der Waals surface area contributed by atoms with Gasteiger partial charge >= 0.3 is 0 Å². The molecule has 2 heterocycles. The SMILES string of the molecule is CC(CCNC(=O)CN1CCOCC1)N1CCN(C)CC1. The summed E-state index contributed by atoms with van der Waals surface area (Å²) in [7, 11) is 2.17. The van der Waals surface area contributed by atoms with Gasteiger partial charge in [0.05, 0.1) is 19.8 Å². The van der Waals surface area contributed by atoms with E-state index in [4.69, 9.17) is 4.74 Å². The fourth-order valence-electron chi connectivity index (χ4n) is 2.88. The molecule has 6 nitrogen and oxygen atoms in total. The number of hydrogen-bond acceptors (Lipinski definition) is 5. The minimum atomic E-state index is 0.141. The van der Waals surface area contributed by atoms with Crippen molar-refractivity contribution in [3.63, 3.8) is 0 Å². The van der Waals surface area contributed by atoms with Crippen molar-refractivity contribution in [2.45, 2.75) is 19.4 Å². The van der Waals surface area contributed by atoms with Crippen LogP contribution in [0.1, 0.15) is 13.3 Å². The highest BCUT2D eigenvalue weighted by molar-refractivity contribution is 5.77. The average molecular weight is 298 g/mol. The van der Waals surface area contributed by atoms with Gasteiger partial charge in [-0.3, -0.25) is 14.6 Å². The molecule has 0 bridgehead atoms. The molecule has 1 atom stereocenters. The van der Waals surface area contributed by atoms with Crippen LogP contribution in [0.25, 0.3) is 0 Å². The second kappa shape index (κ2) is 8.68. The topological polar surface area (TPSA) is 48.1 Å². The lowest BCUT2D eigenvalue weighted by molar-refractivity contribution is -0.123. The van der Waals surface area contributed by atoms with Gasteiger partial charge in [0.1, 0.15) is 0 Å². The fraction of sp³-hybridized carbons (Fsp3) is 0.933. The number of amides is 1. The third-order valence-corrected chi connectivity index (χ3v) is 4.52. The number of hydrogen-bond donors (Lipinski definition) is 1. The van der Waals surface area contributed by atoms with Gasteiger partial charge in [-0.1, -0.05) is 0 Å². The van der Waals surface area contributed by atoms with Crippen molar-refractivity contribution >= 4 is 5.91 Å².